The molecule has 1 heterocycles. The van der Waals surface area contributed by atoms with Gasteiger partial charge in [-0.2, -0.15) is 0 Å². The number of amides is 1. The van der Waals surface area contributed by atoms with Gasteiger partial charge in [-0.3, -0.25) is 9.59 Å². The second-order valence-corrected chi connectivity index (χ2v) is 7.91. The summed E-state index contributed by atoms with van der Waals surface area (Å²) >= 11 is 0. The molecule has 0 aliphatic heterocycles. The van der Waals surface area contributed by atoms with Gasteiger partial charge in [0.15, 0.2) is 11.5 Å². The van der Waals surface area contributed by atoms with Crippen LogP contribution in [-0.4, -0.2) is 48.6 Å². The summed E-state index contributed by atoms with van der Waals surface area (Å²) in [5.41, 5.74) is 1.80. The van der Waals surface area contributed by atoms with Crippen molar-refractivity contribution in [2.75, 3.05) is 27.9 Å². The predicted molar refractivity (Wildman–Crippen MR) is 133 cm³/mol. The minimum absolute atomic E-state index is 0.127. The van der Waals surface area contributed by atoms with E-state index in [0.29, 0.717) is 52.5 Å². The highest BCUT2D eigenvalue weighted by Crippen LogP contribution is 2.38. The van der Waals surface area contributed by atoms with E-state index in [1.54, 1.807) is 35.2 Å². The van der Waals surface area contributed by atoms with Gasteiger partial charge in [0.1, 0.15) is 5.82 Å². The molecule has 8 heteroatoms. The summed E-state index contributed by atoms with van der Waals surface area (Å²) in [5.74, 6) is 1.33. The average Bonchev–Trinajstić information content (AvgIpc) is 2.90. The van der Waals surface area contributed by atoms with Crippen LogP contribution in [0, 0.1) is 0 Å². The molecule has 0 saturated carbocycles. The minimum Gasteiger partial charge on any atom is -0.493 e. The van der Waals surface area contributed by atoms with Crippen LogP contribution >= 0.6 is 0 Å². The van der Waals surface area contributed by atoms with E-state index >= 15 is 0 Å². The van der Waals surface area contributed by atoms with Gasteiger partial charge in [0.2, 0.25) is 5.75 Å². The Kier molecular flexibility index (Phi) is 7.30. The number of aromatic nitrogens is 2. The molecule has 0 aliphatic rings. The standard InChI is InChI=1S/C27H27N3O5/c1-33-22-15-19(16-23(34-2)25(22)35-3)27(32)30(14-13-18-9-5-4-6-10-18)17-24-28-21-12-8-7-11-20(21)26(31)29-24/h4-12,15-16H,13-14,17H2,1-3H3,(H,28,29,31). The SMILES string of the molecule is COc1cc(C(=O)N(CCc2ccccc2)Cc2nc3ccccc3c(=O)[nH]2)cc(OC)c1OC. The maximum absolute atomic E-state index is 13.7. The van der Waals surface area contributed by atoms with Crippen molar-refractivity contribution in [2.24, 2.45) is 0 Å². The molecular weight excluding hydrogens is 446 g/mol. The first-order chi connectivity index (χ1) is 17.0. The summed E-state index contributed by atoms with van der Waals surface area (Å²) in [6.07, 6.45) is 0.634. The lowest BCUT2D eigenvalue weighted by molar-refractivity contribution is 0.0740. The Morgan fingerprint density at radius 3 is 2.23 bits per heavy atom. The molecule has 0 bridgehead atoms. The van der Waals surface area contributed by atoms with Crippen molar-refractivity contribution >= 4 is 16.8 Å². The van der Waals surface area contributed by atoms with E-state index in [2.05, 4.69) is 9.97 Å². The number of methoxy groups -OCH3 is 3. The number of hydrogen-bond acceptors (Lipinski definition) is 6. The third-order valence-corrected chi connectivity index (χ3v) is 5.71. The summed E-state index contributed by atoms with van der Waals surface area (Å²) < 4.78 is 16.2. The zero-order chi connectivity index (χ0) is 24.8. The van der Waals surface area contributed by atoms with Crippen LogP contribution in [0.3, 0.4) is 0 Å². The van der Waals surface area contributed by atoms with E-state index in [1.807, 2.05) is 36.4 Å². The number of nitrogens with zero attached hydrogens (tertiary/aromatic N) is 2. The molecule has 0 saturated heterocycles. The van der Waals surface area contributed by atoms with Crippen molar-refractivity contribution in [1.82, 2.24) is 14.9 Å². The first-order valence-electron chi connectivity index (χ1n) is 11.1. The zero-order valence-electron chi connectivity index (χ0n) is 19.9. The van der Waals surface area contributed by atoms with Crippen LogP contribution in [0.1, 0.15) is 21.7 Å². The third-order valence-electron chi connectivity index (χ3n) is 5.71. The first-order valence-corrected chi connectivity index (χ1v) is 11.1. The van der Waals surface area contributed by atoms with Gasteiger partial charge in [-0.25, -0.2) is 4.98 Å². The minimum atomic E-state index is -0.254. The molecule has 8 nitrogen and oxygen atoms in total. The number of para-hydroxylation sites is 1. The van der Waals surface area contributed by atoms with E-state index in [1.165, 1.54) is 21.3 Å². The second kappa shape index (κ2) is 10.7. The quantitative estimate of drug-likeness (QED) is 0.397. The number of ether oxygens (including phenoxy) is 3. The molecule has 4 aromatic rings. The Balaban J connectivity index is 1.70. The van der Waals surface area contributed by atoms with E-state index in [9.17, 15) is 9.59 Å². The van der Waals surface area contributed by atoms with Crippen LogP contribution in [0.2, 0.25) is 0 Å². The molecule has 0 aliphatic carbocycles. The molecule has 180 valence electrons. The van der Waals surface area contributed by atoms with E-state index < -0.39 is 0 Å². The van der Waals surface area contributed by atoms with Gasteiger partial charge in [0, 0.05) is 12.1 Å². The van der Waals surface area contributed by atoms with Crippen LogP contribution in [0.4, 0.5) is 0 Å². The van der Waals surface area contributed by atoms with Crippen molar-refractivity contribution in [3.8, 4) is 17.2 Å². The number of carbonyl (C=O) groups is 1. The molecule has 0 atom stereocenters. The highest BCUT2D eigenvalue weighted by Gasteiger charge is 2.22. The molecule has 0 spiro atoms. The fourth-order valence-corrected chi connectivity index (χ4v) is 3.94. The van der Waals surface area contributed by atoms with E-state index in [0.717, 1.165) is 5.56 Å². The second-order valence-electron chi connectivity index (χ2n) is 7.91. The van der Waals surface area contributed by atoms with Crippen LogP contribution < -0.4 is 19.8 Å². The Labute approximate surface area is 203 Å². The molecule has 4 rings (SSSR count). The smallest absolute Gasteiger partial charge is 0.258 e. The molecule has 1 N–H and O–H groups in total. The number of fused-ring (bicyclic) bond motifs is 1. The zero-order valence-corrected chi connectivity index (χ0v) is 19.9. The summed E-state index contributed by atoms with van der Waals surface area (Å²) in [4.78, 5) is 35.4. The summed E-state index contributed by atoms with van der Waals surface area (Å²) in [7, 11) is 4.51. The predicted octanol–water partition coefficient (Wildman–Crippen LogP) is 3.83. The molecule has 0 unspecified atom stereocenters. The van der Waals surface area contributed by atoms with Crippen molar-refractivity contribution in [3.63, 3.8) is 0 Å². The van der Waals surface area contributed by atoms with Crippen LogP contribution in [0.5, 0.6) is 17.2 Å². The third kappa shape index (κ3) is 5.27. The highest BCUT2D eigenvalue weighted by atomic mass is 16.5. The molecule has 0 fully saturated rings. The van der Waals surface area contributed by atoms with Crippen LogP contribution in [0.15, 0.2) is 71.5 Å². The Hall–Kier alpha value is -4.33. The van der Waals surface area contributed by atoms with Gasteiger partial charge >= 0.3 is 0 Å². The molecular formula is C27H27N3O5. The van der Waals surface area contributed by atoms with Crippen molar-refractivity contribution in [2.45, 2.75) is 13.0 Å². The largest absolute Gasteiger partial charge is 0.493 e. The molecule has 1 amide bonds. The number of carbonyl (C=O) groups excluding carboxylic acids is 1. The lowest BCUT2D eigenvalue weighted by Crippen LogP contribution is -2.34. The Morgan fingerprint density at radius 1 is 0.914 bits per heavy atom. The van der Waals surface area contributed by atoms with Crippen molar-refractivity contribution in [1.29, 1.82) is 0 Å². The van der Waals surface area contributed by atoms with Gasteiger partial charge in [-0.05, 0) is 36.2 Å². The molecule has 0 radical (unpaired) electrons. The first kappa shape index (κ1) is 23.8. The number of rotatable bonds is 9. The van der Waals surface area contributed by atoms with Crippen LogP contribution in [0.25, 0.3) is 10.9 Å². The monoisotopic (exact) mass is 473 g/mol. The summed E-state index contributed by atoms with van der Waals surface area (Å²) in [6, 6.07) is 20.3. The van der Waals surface area contributed by atoms with Gasteiger partial charge in [-0.15, -0.1) is 0 Å². The van der Waals surface area contributed by atoms with Gasteiger partial charge in [-0.1, -0.05) is 42.5 Å². The number of benzene rings is 3. The summed E-state index contributed by atoms with van der Waals surface area (Å²) in [6.45, 7) is 0.540. The topological polar surface area (TPSA) is 93.8 Å². The summed E-state index contributed by atoms with van der Waals surface area (Å²) in [5, 5.41) is 0.503. The van der Waals surface area contributed by atoms with Crippen molar-refractivity contribution in [3.05, 3.63) is 94.0 Å². The lowest BCUT2D eigenvalue weighted by Gasteiger charge is -2.23. The van der Waals surface area contributed by atoms with Crippen LogP contribution in [-0.2, 0) is 13.0 Å². The Morgan fingerprint density at radius 2 is 1.57 bits per heavy atom. The normalized spacial score (nSPS) is 10.7. The maximum atomic E-state index is 13.7. The van der Waals surface area contributed by atoms with Crippen molar-refractivity contribution < 1.29 is 19.0 Å². The fraction of sp³-hybridized carbons (Fsp3) is 0.222. The fourth-order valence-electron chi connectivity index (χ4n) is 3.94. The maximum Gasteiger partial charge on any atom is 0.258 e. The highest BCUT2D eigenvalue weighted by molar-refractivity contribution is 5.95. The van der Waals surface area contributed by atoms with Gasteiger partial charge in [0.05, 0.1) is 38.8 Å². The van der Waals surface area contributed by atoms with E-state index in [-0.39, 0.29) is 18.0 Å². The van der Waals surface area contributed by atoms with Gasteiger partial charge in [0.25, 0.3) is 11.5 Å². The number of hydrogen-bond donors (Lipinski definition) is 1. The molecule has 35 heavy (non-hydrogen) atoms. The lowest BCUT2D eigenvalue weighted by atomic mass is 10.1. The number of H-pyrrole nitrogens is 1. The average molecular weight is 474 g/mol. The number of aromatic amines is 1. The molecule has 3 aromatic carbocycles. The Bertz CT molecular complexity index is 1360. The van der Waals surface area contributed by atoms with E-state index in [4.69, 9.17) is 14.2 Å². The number of nitrogens with one attached hydrogen (secondary N) is 1. The molecule has 1 aromatic heterocycles. The van der Waals surface area contributed by atoms with Gasteiger partial charge < -0.3 is 24.1 Å².